The largest absolute Gasteiger partial charge is 0.494 e. The molecule has 0 spiro atoms. The number of hydrogen-bond donors (Lipinski definition) is 1. The van der Waals surface area contributed by atoms with Gasteiger partial charge in [-0.05, 0) is 43.7 Å². The van der Waals surface area contributed by atoms with E-state index in [2.05, 4.69) is 5.32 Å². The average Bonchev–Trinajstić information content (AvgIpc) is 2.61. The topological polar surface area (TPSA) is 56.8 Å². The van der Waals surface area contributed by atoms with Crippen molar-refractivity contribution in [1.82, 2.24) is 5.32 Å². The number of ether oxygens (including phenoxy) is 3. The van der Waals surface area contributed by atoms with Gasteiger partial charge in [-0.15, -0.1) is 0 Å². The van der Waals surface area contributed by atoms with Gasteiger partial charge >= 0.3 is 0 Å². The fourth-order valence-electron chi connectivity index (χ4n) is 2.16. The number of rotatable bonds is 8. The van der Waals surface area contributed by atoms with E-state index in [4.69, 9.17) is 14.2 Å². The normalized spacial score (nSPS) is 11.5. The van der Waals surface area contributed by atoms with E-state index >= 15 is 0 Å². The summed E-state index contributed by atoms with van der Waals surface area (Å²) in [4.78, 5) is 12.2. The van der Waals surface area contributed by atoms with Gasteiger partial charge in [-0.1, -0.05) is 24.3 Å². The molecule has 2 aromatic rings. The molecule has 0 fully saturated rings. The maximum Gasteiger partial charge on any atom is 0.261 e. The van der Waals surface area contributed by atoms with E-state index in [9.17, 15) is 4.79 Å². The van der Waals surface area contributed by atoms with Crippen LogP contribution in [0.5, 0.6) is 17.2 Å². The Morgan fingerprint density at radius 1 is 1.08 bits per heavy atom. The van der Waals surface area contributed by atoms with E-state index in [1.807, 2.05) is 43.3 Å². The van der Waals surface area contributed by atoms with Crippen LogP contribution in [0, 0.1) is 0 Å². The minimum atomic E-state index is -0.621. The summed E-state index contributed by atoms with van der Waals surface area (Å²) < 4.78 is 16.3. The van der Waals surface area contributed by atoms with Crippen LogP contribution in [-0.2, 0) is 11.3 Å². The third kappa shape index (κ3) is 4.91. The highest BCUT2D eigenvalue weighted by molar-refractivity contribution is 5.80. The molecule has 1 amide bonds. The number of hydrogen-bond acceptors (Lipinski definition) is 4. The van der Waals surface area contributed by atoms with Crippen molar-refractivity contribution in [1.29, 1.82) is 0 Å². The molecule has 1 atom stereocenters. The summed E-state index contributed by atoms with van der Waals surface area (Å²) in [5, 5.41) is 2.86. The van der Waals surface area contributed by atoms with Crippen molar-refractivity contribution in [2.75, 3.05) is 13.7 Å². The molecule has 5 heteroatoms. The molecule has 0 heterocycles. The molecule has 5 nitrogen and oxygen atoms in total. The van der Waals surface area contributed by atoms with Crippen LogP contribution < -0.4 is 19.5 Å². The van der Waals surface area contributed by atoms with Gasteiger partial charge in [0.2, 0.25) is 0 Å². The van der Waals surface area contributed by atoms with Gasteiger partial charge in [-0.2, -0.15) is 0 Å². The Morgan fingerprint density at radius 2 is 1.75 bits per heavy atom. The van der Waals surface area contributed by atoms with E-state index in [-0.39, 0.29) is 5.91 Å². The second-order valence-corrected chi connectivity index (χ2v) is 5.21. The summed E-state index contributed by atoms with van der Waals surface area (Å²) in [6.45, 7) is 4.72. The molecule has 0 aliphatic carbocycles. The van der Waals surface area contributed by atoms with Crippen molar-refractivity contribution < 1.29 is 19.0 Å². The van der Waals surface area contributed by atoms with Crippen LogP contribution >= 0.6 is 0 Å². The smallest absolute Gasteiger partial charge is 0.261 e. The van der Waals surface area contributed by atoms with Crippen molar-refractivity contribution in [3.8, 4) is 17.2 Å². The van der Waals surface area contributed by atoms with Crippen LogP contribution in [0.1, 0.15) is 19.4 Å². The van der Waals surface area contributed by atoms with Crippen molar-refractivity contribution >= 4 is 5.91 Å². The minimum absolute atomic E-state index is 0.185. The first-order valence-corrected chi connectivity index (χ1v) is 7.93. The predicted octanol–water partition coefficient (Wildman–Crippen LogP) is 3.18. The zero-order valence-corrected chi connectivity index (χ0v) is 14.2. The molecule has 0 unspecified atom stereocenters. The monoisotopic (exact) mass is 329 g/mol. The lowest BCUT2D eigenvalue weighted by molar-refractivity contribution is -0.127. The average molecular weight is 329 g/mol. The van der Waals surface area contributed by atoms with Crippen LogP contribution in [0.25, 0.3) is 0 Å². The van der Waals surface area contributed by atoms with Crippen molar-refractivity contribution in [3.05, 3.63) is 54.1 Å². The molecule has 2 aromatic carbocycles. The van der Waals surface area contributed by atoms with Crippen LogP contribution in [0.15, 0.2) is 48.5 Å². The Balaban J connectivity index is 1.87. The third-order valence-corrected chi connectivity index (χ3v) is 3.44. The van der Waals surface area contributed by atoms with Gasteiger partial charge in [0, 0.05) is 6.54 Å². The molecule has 128 valence electrons. The number of amides is 1. The van der Waals surface area contributed by atoms with Gasteiger partial charge in [0.1, 0.15) is 5.75 Å². The molecule has 0 saturated carbocycles. The highest BCUT2D eigenvalue weighted by Crippen LogP contribution is 2.26. The number of benzene rings is 2. The van der Waals surface area contributed by atoms with Gasteiger partial charge in [0.15, 0.2) is 17.6 Å². The maximum absolute atomic E-state index is 12.2. The molecule has 0 aromatic heterocycles. The molecule has 2 rings (SSSR count). The summed E-state index contributed by atoms with van der Waals surface area (Å²) in [6, 6.07) is 14.9. The number of nitrogens with one attached hydrogen (secondary N) is 1. The summed E-state index contributed by atoms with van der Waals surface area (Å²) in [5.41, 5.74) is 0.997. The molecule has 24 heavy (non-hydrogen) atoms. The Labute approximate surface area is 142 Å². The zero-order chi connectivity index (χ0) is 17.4. The third-order valence-electron chi connectivity index (χ3n) is 3.44. The quantitative estimate of drug-likeness (QED) is 0.808. The minimum Gasteiger partial charge on any atom is -0.494 e. The molecule has 0 aliphatic rings. The number of carbonyl (C=O) groups excluding carboxylic acids is 1. The molecule has 0 saturated heterocycles. The second kappa shape index (κ2) is 8.82. The van der Waals surface area contributed by atoms with Crippen LogP contribution in [0.3, 0.4) is 0 Å². The maximum atomic E-state index is 12.2. The summed E-state index contributed by atoms with van der Waals surface area (Å²) >= 11 is 0. The summed E-state index contributed by atoms with van der Waals surface area (Å²) in [7, 11) is 1.57. The van der Waals surface area contributed by atoms with Gasteiger partial charge in [0.05, 0.1) is 13.7 Å². The SMILES string of the molecule is CCOc1ccc(CNC(=O)[C@@H](C)Oc2ccccc2OC)cc1. The standard InChI is InChI=1S/C19H23NO4/c1-4-23-16-11-9-15(10-12-16)13-20-19(21)14(2)24-18-8-6-5-7-17(18)22-3/h5-12,14H,4,13H2,1-3H3,(H,20,21)/t14-/m1/s1. The van der Waals surface area contributed by atoms with E-state index < -0.39 is 6.10 Å². The first-order chi connectivity index (χ1) is 11.6. The zero-order valence-electron chi connectivity index (χ0n) is 14.2. The molecule has 0 aliphatic heterocycles. The Kier molecular flexibility index (Phi) is 6.49. The number of para-hydroxylation sites is 2. The highest BCUT2D eigenvalue weighted by Gasteiger charge is 2.16. The molecule has 0 bridgehead atoms. The van der Waals surface area contributed by atoms with Crippen LogP contribution in [-0.4, -0.2) is 25.7 Å². The fourth-order valence-corrected chi connectivity index (χ4v) is 2.16. The van der Waals surface area contributed by atoms with Crippen molar-refractivity contribution in [2.24, 2.45) is 0 Å². The number of methoxy groups -OCH3 is 1. The first kappa shape index (κ1) is 17.7. The van der Waals surface area contributed by atoms with Gasteiger partial charge in [-0.3, -0.25) is 4.79 Å². The lowest BCUT2D eigenvalue weighted by Crippen LogP contribution is -2.35. The van der Waals surface area contributed by atoms with E-state index in [1.165, 1.54) is 0 Å². The fraction of sp³-hybridized carbons (Fsp3) is 0.316. The lowest BCUT2D eigenvalue weighted by atomic mass is 10.2. The Morgan fingerprint density at radius 3 is 2.38 bits per heavy atom. The summed E-state index contributed by atoms with van der Waals surface area (Å²) in [6.07, 6.45) is -0.621. The molecular weight excluding hydrogens is 306 g/mol. The highest BCUT2D eigenvalue weighted by atomic mass is 16.5. The number of carbonyl (C=O) groups is 1. The van der Waals surface area contributed by atoms with Crippen molar-refractivity contribution in [2.45, 2.75) is 26.5 Å². The van der Waals surface area contributed by atoms with E-state index in [0.717, 1.165) is 11.3 Å². The predicted molar refractivity (Wildman–Crippen MR) is 92.5 cm³/mol. The Bertz CT molecular complexity index is 655. The lowest BCUT2D eigenvalue weighted by Gasteiger charge is -2.16. The second-order valence-electron chi connectivity index (χ2n) is 5.21. The molecular formula is C19H23NO4. The van der Waals surface area contributed by atoms with Crippen molar-refractivity contribution in [3.63, 3.8) is 0 Å². The Hall–Kier alpha value is -2.69. The van der Waals surface area contributed by atoms with Gasteiger partial charge in [0.25, 0.3) is 5.91 Å². The van der Waals surface area contributed by atoms with Crippen LogP contribution in [0.2, 0.25) is 0 Å². The molecule has 0 radical (unpaired) electrons. The summed E-state index contributed by atoms with van der Waals surface area (Å²) in [5.74, 6) is 1.78. The van der Waals surface area contributed by atoms with E-state index in [1.54, 1.807) is 26.2 Å². The van der Waals surface area contributed by atoms with Gasteiger partial charge < -0.3 is 19.5 Å². The van der Waals surface area contributed by atoms with Gasteiger partial charge in [-0.25, -0.2) is 0 Å². The van der Waals surface area contributed by atoms with Crippen LogP contribution in [0.4, 0.5) is 0 Å². The molecule has 1 N–H and O–H groups in total. The van der Waals surface area contributed by atoms with E-state index in [0.29, 0.717) is 24.7 Å². The first-order valence-electron chi connectivity index (χ1n) is 7.93.